The smallest absolute Gasteiger partial charge is 0.403 e. The van der Waals surface area contributed by atoms with Crippen LogP contribution in [0.3, 0.4) is 0 Å². The van der Waals surface area contributed by atoms with Crippen LogP contribution in [0.25, 0.3) is 0 Å². The molecule has 3 aliphatic rings. The van der Waals surface area contributed by atoms with Crippen LogP contribution in [0.15, 0.2) is 88.7 Å². The number of para-hydroxylation sites is 1. The summed E-state index contributed by atoms with van der Waals surface area (Å²) < 4.78 is 50.9. The van der Waals surface area contributed by atoms with Gasteiger partial charge in [-0.2, -0.15) is 9.97 Å². The van der Waals surface area contributed by atoms with Crippen LogP contribution in [0.5, 0.6) is 5.75 Å². The number of phosphoric ester groups is 1. The predicted octanol–water partition coefficient (Wildman–Crippen LogP) is 5.55. The third-order valence-corrected chi connectivity index (χ3v) is 14.6. The van der Waals surface area contributed by atoms with E-state index in [0.717, 1.165) is 0 Å². The Labute approximate surface area is 400 Å². The lowest BCUT2D eigenvalue weighted by molar-refractivity contribution is -0.223. The molecular formula is C38H46ClN6O15P2S4-. The summed E-state index contributed by atoms with van der Waals surface area (Å²) in [6.45, 7) is 3.15. The number of carbonyl (C=O) groups is 2. The fraction of sp³-hybridized carbons (Fsp3) is 0.421. The molecule has 7 rings (SSSR count). The van der Waals surface area contributed by atoms with Crippen LogP contribution in [0.1, 0.15) is 59.9 Å². The van der Waals surface area contributed by atoms with Crippen LogP contribution in [-0.2, 0) is 32.6 Å². The second-order valence-electron chi connectivity index (χ2n) is 13.7. The average molecular weight is 1050 g/mol. The minimum absolute atomic E-state index is 0.0724. The predicted molar refractivity (Wildman–Crippen MR) is 252 cm³/mol. The molecule has 0 saturated carbocycles. The number of carbonyl (C=O) groups excluding carboxylic acids is 2. The van der Waals surface area contributed by atoms with E-state index in [1.807, 2.05) is 32.4 Å². The van der Waals surface area contributed by atoms with Gasteiger partial charge in [0.2, 0.25) is 0 Å². The van der Waals surface area contributed by atoms with E-state index in [1.54, 1.807) is 76.2 Å². The number of hydrogen-bond donors (Lipinski definition) is 4. The zero-order chi connectivity index (χ0) is 48.0. The molecule has 5 N–H and O–H groups in total. The molecule has 28 heteroatoms. The zero-order valence-corrected chi connectivity index (χ0v) is 41.2. The van der Waals surface area contributed by atoms with Gasteiger partial charge in [-0.05, 0) is 74.0 Å². The number of nitrogens with two attached hydrogens (primary N) is 1. The van der Waals surface area contributed by atoms with Crippen molar-refractivity contribution in [3.8, 4) is 5.75 Å². The van der Waals surface area contributed by atoms with Crippen molar-refractivity contribution in [3.63, 3.8) is 0 Å². The molecule has 2 aromatic carbocycles. The highest BCUT2D eigenvalue weighted by Crippen LogP contribution is 2.49. The average Bonchev–Trinajstić information content (AvgIpc) is 3.86. The molecule has 1 amide bonds. The van der Waals surface area contributed by atoms with E-state index < -0.39 is 70.3 Å². The molecule has 360 valence electrons. The third kappa shape index (κ3) is 16.2. The number of amides is 1. The number of anilines is 2. The number of aliphatic hydroxyl groups is 1. The van der Waals surface area contributed by atoms with Gasteiger partial charge >= 0.3 is 25.1 Å². The monoisotopic (exact) mass is 1050 g/mol. The molecule has 4 unspecified atom stereocenters. The topological polar surface area (TPSA) is 287 Å². The summed E-state index contributed by atoms with van der Waals surface area (Å²) in [6, 6.07) is 18.5. The fourth-order valence-corrected chi connectivity index (χ4v) is 10.5. The Kier molecular flexibility index (Phi) is 21.1. The molecule has 2 saturated heterocycles. The Morgan fingerprint density at radius 1 is 0.909 bits per heavy atom. The van der Waals surface area contributed by atoms with Crippen LogP contribution >= 0.6 is 70.0 Å². The van der Waals surface area contributed by atoms with Gasteiger partial charge in [-0.3, -0.25) is 18.5 Å². The van der Waals surface area contributed by atoms with Gasteiger partial charge in [-0.1, -0.05) is 73.5 Å². The third-order valence-electron chi connectivity index (χ3n) is 9.15. The Morgan fingerprint density at radius 2 is 1.47 bits per heavy atom. The van der Waals surface area contributed by atoms with Gasteiger partial charge in [-0.25, -0.2) is 14.4 Å². The highest BCUT2D eigenvalue weighted by Gasteiger charge is 2.40. The molecule has 66 heavy (non-hydrogen) atoms. The number of rotatable bonds is 16. The van der Waals surface area contributed by atoms with Crippen molar-refractivity contribution in [2.75, 3.05) is 36.8 Å². The number of hydrogen-bond acceptors (Lipinski definition) is 21. The van der Waals surface area contributed by atoms with Gasteiger partial charge in [0.05, 0.1) is 25.4 Å². The molecule has 0 radical (unpaired) electrons. The largest absolute Gasteiger partial charge is 0.756 e. The van der Waals surface area contributed by atoms with Gasteiger partial charge in [0.1, 0.15) is 58.5 Å². The van der Waals surface area contributed by atoms with Crippen molar-refractivity contribution in [2.24, 2.45) is 0 Å². The summed E-state index contributed by atoms with van der Waals surface area (Å²) >= 11 is 5.54. The molecule has 2 fully saturated rings. The van der Waals surface area contributed by atoms with Crippen molar-refractivity contribution >= 4 is 93.5 Å². The summed E-state index contributed by atoms with van der Waals surface area (Å²) in [5.74, 6) is -0.0200. The molecule has 3 aliphatic heterocycles. The highest BCUT2D eigenvalue weighted by atomic mass is 35.7. The fourth-order valence-electron chi connectivity index (χ4n) is 6.37. The lowest BCUT2D eigenvalue weighted by Crippen LogP contribution is -2.31. The second-order valence-corrected chi connectivity index (χ2v) is 22.1. The first-order valence-corrected chi connectivity index (χ1v) is 28.4. The van der Waals surface area contributed by atoms with Crippen LogP contribution in [0.4, 0.5) is 11.6 Å². The number of halogens is 1. The number of nitrogens with zero attached hydrogens (tertiary/aromatic N) is 4. The van der Waals surface area contributed by atoms with Gasteiger partial charge in [0, 0.05) is 30.8 Å². The molecule has 0 aliphatic carbocycles. The number of benzene rings is 2. The molecule has 5 heterocycles. The van der Waals surface area contributed by atoms with Gasteiger partial charge in [-0.15, -0.1) is 0 Å². The summed E-state index contributed by atoms with van der Waals surface area (Å²) in [5.41, 5.74) is 4.96. The number of ether oxygens (including phenoxy) is 4. The van der Waals surface area contributed by atoms with E-state index in [0.29, 0.717) is 23.3 Å². The van der Waals surface area contributed by atoms with Crippen LogP contribution < -0.4 is 31.8 Å². The second kappa shape index (κ2) is 25.9. The van der Waals surface area contributed by atoms with Gasteiger partial charge in [0.25, 0.3) is 13.7 Å². The van der Waals surface area contributed by atoms with Crippen molar-refractivity contribution < 1.29 is 61.6 Å². The Bertz CT molecular complexity index is 2400. The van der Waals surface area contributed by atoms with Crippen LogP contribution in [-0.4, -0.2) is 102 Å². The maximum absolute atomic E-state index is 12.5. The maximum Gasteiger partial charge on any atom is 0.403 e. The lowest BCUT2D eigenvalue weighted by atomic mass is 10.2. The van der Waals surface area contributed by atoms with Crippen LogP contribution in [0, 0.1) is 0 Å². The molecule has 0 spiro atoms. The molecule has 0 bridgehead atoms. The number of fused-ring (bicyclic) bond motifs is 1. The first-order chi connectivity index (χ1) is 31.5. The summed E-state index contributed by atoms with van der Waals surface area (Å²) in [6.07, 6.45) is 4.07. The Balaban J connectivity index is 0.000000200. The summed E-state index contributed by atoms with van der Waals surface area (Å²) in [5, 5.41) is 12.2. The summed E-state index contributed by atoms with van der Waals surface area (Å²) in [4.78, 5) is 75.0. The lowest BCUT2D eigenvalue weighted by Gasteiger charge is -2.24. The zero-order valence-electron chi connectivity index (χ0n) is 35.4. The van der Waals surface area contributed by atoms with Crippen molar-refractivity contribution in [3.05, 3.63) is 111 Å². The van der Waals surface area contributed by atoms with E-state index in [-0.39, 0.29) is 47.5 Å². The number of aromatic nitrogens is 4. The Morgan fingerprint density at radius 3 is 2.05 bits per heavy atom. The standard InChI is InChI=1S/C19H23N3O5S2.C12H20N3O7PS2.C7H4ClO3P/c1-12(29-28-2)26-14-10-17(27-15(14)11-23)22-9-8-16(21-19(22)25)20-18(24)13-6-4-3-5-7-13;1-7(25-24-2)21-8-5-11(15-4-3-10(13)14-12(15)16)22-9(8)6-20-23(17,18)19;8-12-10-6-4-2-1-3-5(6)7(9)11-12/h3-9,12,14-15,17,23H,10-11H2,1-2H3,(H,20,21,24,25);3-4,7-9,11H,5-6H2,1-2H3,(H2,13,14,16)(H2,17,18,19);1-4H/p-1/t12-,14?,15-,17-;7-,8?,9-,11-;/m11./s1. The Hall–Kier alpha value is -3.23. The van der Waals surface area contributed by atoms with Crippen molar-refractivity contribution in [2.45, 2.75) is 74.4 Å². The van der Waals surface area contributed by atoms with E-state index in [4.69, 9.17) is 45.3 Å². The SMILES string of the molecule is CSS[C@H](C)OC1C[C@H](n2ccc(N)nc2=O)O[C@@H]1COP(=O)([O-])O.CSS[C@H](C)OC1C[C@H](n2ccc(NC(=O)c3ccccc3)nc2=O)O[C@@H]1CO.O=C1OP(Cl)Oc2ccccc21. The van der Waals surface area contributed by atoms with Crippen LogP contribution in [0.2, 0.25) is 0 Å². The van der Waals surface area contributed by atoms with E-state index >= 15 is 0 Å². The minimum Gasteiger partial charge on any atom is -0.756 e. The maximum atomic E-state index is 12.5. The molecule has 10 atom stereocenters. The number of aliphatic hydroxyl groups excluding tert-OH is 1. The number of phosphoric acid groups is 1. The first-order valence-electron chi connectivity index (χ1n) is 19.5. The van der Waals surface area contributed by atoms with E-state index in [2.05, 4.69) is 24.3 Å². The molecule has 2 aromatic heterocycles. The first kappa shape index (κ1) is 53.7. The normalized spacial score (nSPS) is 23.9. The van der Waals surface area contributed by atoms with Gasteiger partial charge < -0.3 is 58.5 Å². The van der Waals surface area contributed by atoms with E-state index in [9.17, 15) is 33.7 Å². The van der Waals surface area contributed by atoms with Crippen molar-refractivity contribution in [1.82, 2.24) is 19.1 Å². The minimum atomic E-state index is -4.89. The molecular weight excluding hydrogens is 1010 g/mol. The highest BCUT2D eigenvalue weighted by molar-refractivity contribution is 8.76. The quantitative estimate of drug-likeness (QED) is 0.0607. The van der Waals surface area contributed by atoms with Crippen molar-refractivity contribution in [1.29, 1.82) is 0 Å². The molecule has 21 nitrogen and oxygen atoms in total. The summed E-state index contributed by atoms with van der Waals surface area (Å²) in [7, 11) is -0.319. The van der Waals surface area contributed by atoms with E-state index in [1.165, 1.54) is 49.2 Å². The number of nitrogen functional groups attached to an aromatic ring is 1. The van der Waals surface area contributed by atoms with Gasteiger partial charge in [0.15, 0.2) is 0 Å². The molecule has 4 aromatic rings. The number of nitrogens with one attached hydrogen (secondary N) is 1.